The maximum Gasteiger partial charge on any atom is 0.335 e. The van der Waals surface area contributed by atoms with Gasteiger partial charge in [-0.05, 0) is 48.9 Å². The fraction of sp³-hybridized carbons (Fsp3) is 0.0800. The smallest absolute Gasteiger partial charge is 0.335 e. The number of aromatic carboxylic acids is 1. The SMILES string of the molecule is CC1=NN(c2ccccc2)C(=O)/C1=C\c1ccccc1OCc1ccc(C(=O)O)cc1. The lowest BCUT2D eigenvalue weighted by Crippen LogP contribution is -2.21. The molecule has 4 rings (SSSR count). The Balaban J connectivity index is 1.54. The Morgan fingerprint density at radius 1 is 1.00 bits per heavy atom. The van der Waals surface area contributed by atoms with Crippen LogP contribution in [0.3, 0.4) is 0 Å². The number of carbonyl (C=O) groups is 2. The summed E-state index contributed by atoms with van der Waals surface area (Å²) in [6, 6.07) is 23.3. The number of para-hydroxylation sites is 2. The molecule has 31 heavy (non-hydrogen) atoms. The molecule has 1 N–H and O–H groups in total. The minimum absolute atomic E-state index is 0.192. The predicted molar refractivity (Wildman–Crippen MR) is 119 cm³/mol. The second kappa shape index (κ2) is 8.67. The number of anilines is 1. The van der Waals surface area contributed by atoms with Crippen LogP contribution in [0.15, 0.2) is 89.5 Å². The molecule has 1 heterocycles. The van der Waals surface area contributed by atoms with Crippen LogP contribution in [0, 0.1) is 0 Å². The Kier molecular flexibility index (Phi) is 5.62. The summed E-state index contributed by atoms with van der Waals surface area (Å²) < 4.78 is 5.96. The molecule has 0 spiro atoms. The Labute approximate surface area is 179 Å². The second-order valence-corrected chi connectivity index (χ2v) is 7.02. The zero-order valence-electron chi connectivity index (χ0n) is 16.9. The highest BCUT2D eigenvalue weighted by atomic mass is 16.5. The van der Waals surface area contributed by atoms with Crippen molar-refractivity contribution in [2.45, 2.75) is 13.5 Å². The van der Waals surface area contributed by atoms with E-state index in [2.05, 4.69) is 5.10 Å². The summed E-state index contributed by atoms with van der Waals surface area (Å²) in [4.78, 5) is 23.9. The number of carboxylic acid groups (broad SMARTS) is 1. The lowest BCUT2D eigenvalue weighted by atomic mass is 10.1. The van der Waals surface area contributed by atoms with Crippen LogP contribution in [0.2, 0.25) is 0 Å². The van der Waals surface area contributed by atoms with Crippen LogP contribution in [0.1, 0.15) is 28.4 Å². The standard InChI is InChI=1S/C25H20N2O4/c1-17-22(24(28)27(26-17)21-8-3-2-4-9-21)15-20-7-5-6-10-23(20)31-16-18-11-13-19(14-12-18)25(29)30/h2-15H,16H2,1H3,(H,29,30)/b22-15-. The molecule has 0 aliphatic carbocycles. The van der Waals surface area contributed by atoms with Crippen LogP contribution in [-0.4, -0.2) is 22.7 Å². The van der Waals surface area contributed by atoms with Crippen molar-refractivity contribution in [2.24, 2.45) is 5.10 Å². The van der Waals surface area contributed by atoms with Gasteiger partial charge in [0, 0.05) is 5.56 Å². The van der Waals surface area contributed by atoms with Gasteiger partial charge in [-0.2, -0.15) is 10.1 Å². The van der Waals surface area contributed by atoms with E-state index in [9.17, 15) is 9.59 Å². The number of nitrogens with zero attached hydrogens (tertiary/aromatic N) is 2. The third-order valence-corrected chi connectivity index (χ3v) is 4.88. The lowest BCUT2D eigenvalue weighted by Gasteiger charge is -2.12. The molecular formula is C25H20N2O4. The Morgan fingerprint density at radius 3 is 2.39 bits per heavy atom. The van der Waals surface area contributed by atoms with Crippen LogP contribution in [0.25, 0.3) is 6.08 Å². The van der Waals surface area contributed by atoms with Crippen LogP contribution < -0.4 is 9.75 Å². The highest BCUT2D eigenvalue weighted by Gasteiger charge is 2.28. The van der Waals surface area contributed by atoms with Gasteiger partial charge in [-0.25, -0.2) is 4.79 Å². The molecule has 3 aromatic carbocycles. The number of carboxylic acids is 1. The molecule has 6 heteroatoms. The molecule has 0 bridgehead atoms. The van der Waals surface area contributed by atoms with Gasteiger partial charge in [0.2, 0.25) is 0 Å². The van der Waals surface area contributed by atoms with Crippen molar-refractivity contribution in [1.29, 1.82) is 0 Å². The van der Waals surface area contributed by atoms with Crippen molar-refractivity contribution in [3.63, 3.8) is 0 Å². The van der Waals surface area contributed by atoms with Crippen molar-refractivity contribution in [2.75, 3.05) is 5.01 Å². The highest BCUT2D eigenvalue weighted by Crippen LogP contribution is 2.28. The first-order chi connectivity index (χ1) is 15.0. The molecule has 1 aliphatic heterocycles. The summed E-state index contributed by atoms with van der Waals surface area (Å²) in [5.41, 5.74) is 3.68. The van der Waals surface area contributed by atoms with Gasteiger partial charge in [-0.3, -0.25) is 4.79 Å². The summed E-state index contributed by atoms with van der Waals surface area (Å²) in [5.74, 6) is -0.536. The highest BCUT2D eigenvalue weighted by molar-refractivity contribution is 6.32. The number of carbonyl (C=O) groups excluding carboxylic acids is 1. The topological polar surface area (TPSA) is 79.2 Å². The summed E-state index contributed by atoms with van der Waals surface area (Å²) in [7, 11) is 0. The molecule has 0 unspecified atom stereocenters. The van der Waals surface area contributed by atoms with E-state index in [1.54, 1.807) is 37.3 Å². The monoisotopic (exact) mass is 412 g/mol. The Morgan fingerprint density at radius 2 is 1.68 bits per heavy atom. The van der Waals surface area contributed by atoms with E-state index in [1.165, 1.54) is 5.01 Å². The molecule has 0 saturated heterocycles. The molecular weight excluding hydrogens is 392 g/mol. The molecule has 6 nitrogen and oxygen atoms in total. The van der Waals surface area contributed by atoms with Gasteiger partial charge < -0.3 is 9.84 Å². The molecule has 0 atom stereocenters. The second-order valence-electron chi connectivity index (χ2n) is 7.02. The predicted octanol–water partition coefficient (Wildman–Crippen LogP) is 4.77. The largest absolute Gasteiger partial charge is 0.488 e. The lowest BCUT2D eigenvalue weighted by molar-refractivity contribution is -0.114. The van der Waals surface area contributed by atoms with Gasteiger partial charge in [-0.1, -0.05) is 48.5 Å². The summed E-state index contributed by atoms with van der Waals surface area (Å²) in [5, 5.41) is 14.8. The number of rotatable bonds is 6. The molecule has 154 valence electrons. The van der Waals surface area contributed by atoms with Crippen molar-refractivity contribution in [1.82, 2.24) is 0 Å². The fourth-order valence-corrected chi connectivity index (χ4v) is 3.22. The van der Waals surface area contributed by atoms with Crippen LogP contribution in [0.5, 0.6) is 5.75 Å². The number of hydrazone groups is 1. The van der Waals surface area contributed by atoms with Gasteiger partial charge in [0.1, 0.15) is 12.4 Å². The third kappa shape index (κ3) is 4.38. The van der Waals surface area contributed by atoms with Crippen molar-refractivity contribution in [3.8, 4) is 5.75 Å². The van der Waals surface area contributed by atoms with E-state index < -0.39 is 5.97 Å². The number of hydrogen-bond acceptors (Lipinski definition) is 4. The molecule has 1 aliphatic rings. The van der Waals surface area contributed by atoms with E-state index >= 15 is 0 Å². The Bertz CT molecular complexity index is 1180. The minimum atomic E-state index is -0.966. The average molecular weight is 412 g/mol. The molecule has 0 saturated carbocycles. The normalized spacial score (nSPS) is 14.6. The summed E-state index contributed by atoms with van der Waals surface area (Å²) in [6.45, 7) is 2.08. The van der Waals surface area contributed by atoms with Crippen LogP contribution in [-0.2, 0) is 11.4 Å². The summed E-state index contributed by atoms with van der Waals surface area (Å²) in [6.07, 6.45) is 1.78. The number of amides is 1. The first-order valence-corrected chi connectivity index (χ1v) is 9.74. The van der Waals surface area contributed by atoms with E-state index in [0.29, 0.717) is 22.7 Å². The van der Waals surface area contributed by atoms with Crippen LogP contribution >= 0.6 is 0 Å². The first kappa shape index (κ1) is 20.1. The maximum atomic E-state index is 13.0. The van der Waals surface area contributed by atoms with Crippen molar-refractivity contribution >= 4 is 29.4 Å². The molecule has 0 aromatic heterocycles. The van der Waals surface area contributed by atoms with E-state index in [-0.39, 0.29) is 18.1 Å². The minimum Gasteiger partial charge on any atom is -0.488 e. The molecule has 1 amide bonds. The van der Waals surface area contributed by atoms with E-state index in [0.717, 1.165) is 11.1 Å². The van der Waals surface area contributed by atoms with Gasteiger partial charge in [0.05, 0.1) is 22.5 Å². The zero-order valence-corrected chi connectivity index (χ0v) is 16.9. The fourth-order valence-electron chi connectivity index (χ4n) is 3.22. The van der Waals surface area contributed by atoms with Crippen molar-refractivity contribution < 1.29 is 19.4 Å². The first-order valence-electron chi connectivity index (χ1n) is 9.74. The number of benzene rings is 3. The van der Waals surface area contributed by atoms with Gasteiger partial charge in [0.25, 0.3) is 5.91 Å². The average Bonchev–Trinajstić information content (AvgIpc) is 3.07. The zero-order chi connectivity index (χ0) is 21.8. The Hall–Kier alpha value is -4.19. The summed E-state index contributed by atoms with van der Waals surface area (Å²) >= 11 is 0. The number of hydrogen-bond donors (Lipinski definition) is 1. The van der Waals surface area contributed by atoms with E-state index in [1.807, 2.05) is 54.6 Å². The van der Waals surface area contributed by atoms with Crippen molar-refractivity contribution in [3.05, 3.63) is 101 Å². The third-order valence-electron chi connectivity index (χ3n) is 4.88. The maximum absolute atomic E-state index is 13.0. The quantitative estimate of drug-likeness (QED) is 0.592. The van der Waals surface area contributed by atoms with Gasteiger partial charge >= 0.3 is 5.97 Å². The van der Waals surface area contributed by atoms with Crippen LogP contribution in [0.4, 0.5) is 5.69 Å². The van der Waals surface area contributed by atoms with Gasteiger partial charge in [-0.15, -0.1) is 0 Å². The molecule has 0 radical (unpaired) electrons. The van der Waals surface area contributed by atoms with E-state index in [4.69, 9.17) is 9.84 Å². The van der Waals surface area contributed by atoms with Gasteiger partial charge in [0.15, 0.2) is 0 Å². The molecule has 3 aromatic rings. The molecule has 0 fully saturated rings. The number of ether oxygens (including phenoxy) is 1.